The smallest absolute Gasteiger partial charge is 0.408 e. The molecule has 2 rings (SSSR count). The van der Waals surface area contributed by atoms with Gasteiger partial charge < -0.3 is 10.1 Å². The Kier molecular flexibility index (Phi) is 5.63. The molecule has 0 unspecified atom stereocenters. The Bertz CT molecular complexity index is 798. The molecule has 0 saturated carbocycles. The molecule has 1 aromatic carbocycles. The molecule has 1 atom stereocenters. The van der Waals surface area contributed by atoms with Crippen molar-refractivity contribution in [2.24, 2.45) is 5.10 Å². The topological polar surface area (TPSA) is 106 Å². The van der Waals surface area contributed by atoms with E-state index in [1.54, 1.807) is 46.2 Å². The number of benzene rings is 1. The zero-order chi connectivity index (χ0) is 18.4. The Morgan fingerprint density at radius 2 is 1.88 bits per heavy atom. The lowest BCUT2D eigenvalue weighted by molar-refractivity contribution is -0.122. The highest BCUT2D eigenvalue weighted by molar-refractivity contribution is 5.89. The summed E-state index contributed by atoms with van der Waals surface area (Å²) in [5, 5.41) is 6.33. The summed E-state index contributed by atoms with van der Waals surface area (Å²) >= 11 is 0. The van der Waals surface area contributed by atoms with E-state index in [0.717, 1.165) is 16.6 Å². The van der Waals surface area contributed by atoms with E-state index in [2.05, 4.69) is 25.8 Å². The molecule has 2 amide bonds. The molecule has 1 aromatic heterocycles. The second-order valence-corrected chi connectivity index (χ2v) is 6.41. The Morgan fingerprint density at radius 1 is 1.20 bits per heavy atom. The fourth-order valence-electron chi connectivity index (χ4n) is 1.88. The van der Waals surface area contributed by atoms with E-state index < -0.39 is 23.6 Å². The van der Waals surface area contributed by atoms with Crippen LogP contribution in [0.1, 0.15) is 33.3 Å². The molecule has 0 aliphatic heterocycles. The van der Waals surface area contributed by atoms with E-state index in [0.29, 0.717) is 0 Å². The third kappa shape index (κ3) is 5.83. The van der Waals surface area contributed by atoms with Crippen molar-refractivity contribution >= 4 is 29.2 Å². The van der Waals surface area contributed by atoms with Crippen LogP contribution >= 0.6 is 0 Å². The van der Waals surface area contributed by atoms with Crippen molar-refractivity contribution in [1.29, 1.82) is 0 Å². The number of alkyl carbamates (subject to hydrolysis) is 1. The summed E-state index contributed by atoms with van der Waals surface area (Å²) in [6, 6.07) is 4.66. The van der Waals surface area contributed by atoms with Crippen molar-refractivity contribution in [1.82, 2.24) is 20.7 Å². The van der Waals surface area contributed by atoms with Crippen molar-refractivity contribution in [3.8, 4) is 0 Å². The van der Waals surface area contributed by atoms with Crippen LogP contribution in [0.4, 0.5) is 4.79 Å². The van der Waals surface area contributed by atoms with Gasteiger partial charge in [0.15, 0.2) is 0 Å². The summed E-state index contributed by atoms with van der Waals surface area (Å²) in [6.45, 7) is 6.78. The molecule has 8 nitrogen and oxygen atoms in total. The molecule has 25 heavy (non-hydrogen) atoms. The number of hydrogen-bond donors (Lipinski definition) is 2. The highest BCUT2D eigenvalue weighted by Crippen LogP contribution is 2.09. The number of carbonyl (C=O) groups excluding carboxylic acids is 2. The number of amides is 2. The lowest BCUT2D eigenvalue weighted by atomic mass is 10.2. The summed E-state index contributed by atoms with van der Waals surface area (Å²) in [4.78, 5) is 31.9. The molecule has 0 aliphatic carbocycles. The van der Waals surface area contributed by atoms with Gasteiger partial charge in [-0.3, -0.25) is 14.8 Å². The third-order valence-electron chi connectivity index (χ3n) is 3.01. The van der Waals surface area contributed by atoms with Crippen molar-refractivity contribution < 1.29 is 14.3 Å². The molecule has 0 spiro atoms. The van der Waals surface area contributed by atoms with E-state index in [1.165, 1.54) is 6.21 Å². The molecular formula is C17H21N5O3. The summed E-state index contributed by atoms with van der Waals surface area (Å²) in [5.74, 6) is -0.456. The zero-order valence-electron chi connectivity index (χ0n) is 14.6. The Labute approximate surface area is 145 Å². The van der Waals surface area contributed by atoms with Crippen molar-refractivity contribution in [3.63, 3.8) is 0 Å². The molecule has 1 heterocycles. The molecule has 2 aromatic rings. The number of aromatic nitrogens is 2. The standard InChI is InChI=1S/C17H21N5O3/c1-11(21-16(24)25-17(2,3)4)15(23)22-20-10-12-5-6-13-14(9-12)19-8-7-18-13/h5-11H,1-4H3,(H,21,24)(H,22,23)/b20-10-/t11-/m1/s1. The number of carbonyl (C=O) groups is 2. The van der Waals surface area contributed by atoms with E-state index in [4.69, 9.17) is 4.74 Å². The molecule has 0 radical (unpaired) electrons. The first-order chi connectivity index (χ1) is 11.7. The molecular weight excluding hydrogens is 322 g/mol. The molecule has 0 saturated heterocycles. The van der Waals surface area contributed by atoms with E-state index in [1.807, 2.05) is 12.1 Å². The summed E-state index contributed by atoms with van der Waals surface area (Å²) in [6.07, 6.45) is 4.06. The van der Waals surface area contributed by atoms with Crippen molar-refractivity contribution in [2.75, 3.05) is 0 Å². The highest BCUT2D eigenvalue weighted by Gasteiger charge is 2.20. The van der Waals surface area contributed by atoms with Crippen molar-refractivity contribution in [3.05, 3.63) is 36.2 Å². The predicted molar refractivity (Wildman–Crippen MR) is 94.1 cm³/mol. The maximum Gasteiger partial charge on any atom is 0.408 e. The minimum absolute atomic E-state index is 0.456. The van der Waals surface area contributed by atoms with Gasteiger partial charge in [0.05, 0.1) is 17.2 Å². The minimum atomic E-state index is -0.783. The van der Waals surface area contributed by atoms with E-state index >= 15 is 0 Å². The van der Waals surface area contributed by atoms with Gasteiger partial charge in [0.1, 0.15) is 11.6 Å². The number of ether oxygens (including phenoxy) is 1. The monoisotopic (exact) mass is 343 g/mol. The maximum absolute atomic E-state index is 11.9. The summed E-state index contributed by atoms with van der Waals surface area (Å²) in [5.41, 5.74) is 4.02. The van der Waals surface area contributed by atoms with E-state index in [-0.39, 0.29) is 0 Å². The minimum Gasteiger partial charge on any atom is -0.444 e. The maximum atomic E-state index is 11.9. The van der Waals surface area contributed by atoms with Gasteiger partial charge in [-0.05, 0) is 45.4 Å². The SMILES string of the molecule is C[C@@H](NC(=O)OC(C)(C)C)C(=O)N/N=C\c1ccc2nccnc2c1. The van der Waals surface area contributed by atoms with Crippen LogP contribution in [-0.2, 0) is 9.53 Å². The first kappa shape index (κ1) is 18.3. The third-order valence-corrected chi connectivity index (χ3v) is 3.01. The molecule has 0 fully saturated rings. The fourth-order valence-corrected chi connectivity index (χ4v) is 1.88. The summed E-state index contributed by atoms with van der Waals surface area (Å²) < 4.78 is 5.09. The van der Waals surface area contributed by atoms with Crippen LogP contribution in [0.5, 0.6) is 0 Å². The molecule has 2 N–H and O–H groups in total. The normalized spacial score (nSPS) is 12.8. The van der Waals surface area contributed by atoms with Crippen LogP contribution < -0.4 is 10.7 Å². The Morgan fingerprint density at radius 3 is 2.56 bits per heavy atom. The van der Waals surface area contributed by atoms with Crippen LogP contribution in [0.15, 0.2) is 35.7 Å². The average Bonchev–Trinajstić information content (AvgIpc) is 2.52. The fraction of sp³-hybridized carbons (Fsp3) is 0.353. The van der Waals surface area contributed by atoms with E-state index in [9.17, 15) is 9.59 Å². The highest BCUT2D eigenvalue weighted by atomic mass is 16.6. The van der Waals surface area contributed by atoms with Gasteiger partial charge in [-0.2, -0.15) is 5.10 Å². The Balaban J connectivity index is 1.89. The van der Waals surface area contributed by atoms with Crippen molar-refractivity contribution in [2.45, 2.75) is 39.3 Å². The second-order valence-electron chi connectivity index (χ2n) is 6.41. The van der Waals surface area contributed by atoms with Crippen LogP contribution in [0, 0.1) is 0 Å². The number of nitrogens with one attached hydrogen (secondary N) is 2. The zero-order valence-corrected chi connectivity index (χ0v) is 14.6. The van der Waals surface area contributed by atoms with Gasteiger partial charge in [-0.1, -0.05) is 6.07 Å². The molecule has 8 heteroatoms. The number of rotatable bonds is 4. The van der Waals surface area contributed by atoms with Gasteiger partial charge in [0.2, 0.25) is 0 Å². The van der Waals surface area contributed by atoms with Crippen LogP contribution in [-0.4, -0.2) is 39.8 Å². The summed E-state index contributed by atoms with van der Waals surface area (Å²) in [7, 11) is 0. The quantitative estimate of drug-likeness (QED) is 0.652. The molecule has 0 bridgehead atoms. The number of nitrogens with zero attached hydrogens (tertiary/aromatic N) is 3. The Hall–Kier alpha value is -3.03. The lowest BCUT2D eigenvalue weighted by Crippen LogP contribution is -2.45. The first-order valence-corrected chi connectivity index (χ1v) is 7.78. The molecule has 132 valence electrons. The second kappa shape index (κ2) is 7.69. The van der Waals surface area contributed by atoms with Crippen LogP contribution in [0.25, 0.3) is 11.0 Å². The van der Waals surface area contributed by atoms with Gasteiger partial charge in [0, 0.05) is 12.4 Å². The first-order valence-electron chi connectivity index (χ1n) is 7.78. The van der Waals surface area contributed by atoms with Gasteiger partial charge in [-0.25, -0.2) is 10.2 Å². The largest absolute Gasteiger partial charge is 0.444 e. The number of hydrogen-bond acceptors (Lipinski definition) is 6. The lowest BCUT2D eigenvalue weighted by Gasteiger charge is -2.21. The number of hydrazone groups is 1. The molecule has 0 aliphatic rings. The van der Waals surface area contributed by atoms with Crippen LogP contribution in [0.3, 0.4) is 0 Å². The average molecular weight is 343 g/mol. The van der Waals surface area contributed by atoms with Gasteiger partial charge >= 0.3 is 6.09 Å². The van der Waals surface area contributed by atoms with Gasteiger partial charge in [0.25, 0.3) is 5.91 Å². The van der Waals surface area contributed by atoms with Crippen LogP contribution in [0.2, 0.25) is 0 Å². The number of fused-ring (bicyclic) bond motifs is 1. The predicted octanol–water partition coefficient (Wildman–Crippen LogP) is 1.99. The van der Waals surface area contributed by atoms with Gasteiger partial charge in [-0.15, -0.1) is 0 Å².